The lowest BCUT2D eigenvalue weighted by Crippen LogP contribution is -2.24. The number of aromatic nitrogens is 1. The summed E-state index contributed by atoms with van der Waals surface area (Å²) >= 11 is 0. The molecular formula is C24H32FN3O3Si. The molecule has 1 unspecified atom stereocenters. The fourth-order valence-electron chi connectivity index (χ4n) is 4.27. The van der Waals surface area contributed by atoms with Gasteiger partial charge in [-0.25, -0.2) is 9.18 Å². The van der Waals surface area contributed by atoms with Crippen LogP contribution in [-0.2, 0) is 16.2 Å². The second-order valence-corrected chi connectivity index (χ2v) is 15.3. The van der Waals surface area contributed by atoms with Gasteiger partial charge >= 0.3 is 6.09 Å². The Labute approximate surface area is 189 Å². The van der Waals surface area contributed by atoms with Crippen molar-refractivity contribution in [3.05, 3.63) is 40.3 Å². The first-order chi connectivity index (χ1) is 15.0. The molecule has 0 saturated heterocycles. The number of hydrogen-bond donors (Lipinski definition) is 1. The van der Waals surface area contributed by atoms with E-state index in [9.17, 15) is 10.1 Å². The van der Waals surface area contributed by atoms with E-state index >= 15 is 4.39 Å². The summed E-state index contributed by atoms with van der Waals surface area (Å²) in [5.74, 6) is -0.445. The minimum Gasteiger partial charge on any atom is -0.446 e. The maximum Gasteiger partial charge on any atom is 0.404 e. The van der Waals surface area contributed by atoms with Crippen molar-refractivity contribution in [1.82, 2.24) is 4.57 Å². The van der Waals surface area contributed by atoms with Gasteiger partial charge in [0, 0.05) is 37.7 Å². The number of benzene rings is 1. The van der Waals surface area contributed by atoms with E-state index in [4.69, 9.17) is 15.2 Å². The molecule has 1 aliphatic carbocycles. The Balaban J connectivity index is 2.06. The number of amides is 1. The lowest BCUT2D eigenvalue weighted by Gasteiger charge is -2.23. The zero-order valence-corrected chi connectivity index (χ0v) is 20.5. The molecule has 0 spiro atoms. The van der Waals surface area contributed by atoms with Gasteiger partial charge in [0.25, 0.3) is 0 Å². The minimum atomic E-state index is -1.22. The largest absolute Gasteiger partial charge is 0.446 e. The second kappa shape index (κ2) is 9.47. The number of rotatable bonds is 7. The number of allylic oxidation sites excluding steroid dienone is 1. The maximum absolute atomic E-state index is 15.3. The van der Waals surface area contributed by atoms with Gasteiger partial charge in [-0.15, -0.1) is 0 Å². The number of fused-ring (bicyclic) bond motifs is 1. The average molecular weight is 458 g/mol. The van der Waals surface area contributed by atoms with Crippen LogP contribution in [0.5, 0.6) is 0 Å². The molecule has 1 aromatic heterocycles. The van der Waals surface area contributed by atoms with E-state index in [-0.39, 0.29) is 11.7 Å². The van der Waals surface area contributed by atoms with Crippen molar-refractivity contribution in [1.29, 1.82) is 5.26 Å². The zero-order chi connectivity index (χ0) is 23.6. The van der Waals surface area contributed by atoms with Gasteiger partial charge in [0.05, 0.1) is 11.1 Å². The van der Waals surface area contributed by atoms with E-state index in [2.05, 4.69) is 25.7 Å². The summed E-state index contributed by atoms with van der Waals surface area (Å²) < 4.78 is 28.5. The Hall–Kier alpha value is -2.63. The lowest BCUT2D eigenvalue weighted by molar-refractivity contribution is 0.0889. The number of primary amides is 1. The molecule has 1 aromatic carbocycles. The van der Waals surface area contributed by atoms with Crippen LogP contribution in [0.1, 0.15) is 41.6 Å². The summed E-state index contributed by atoms with van der Waals surface area (Å²) in [5.41, 5.74) is 9.26. The molecule has 6 nitrogen and oxygen atoms in total. The van der Waals surface area contributed by atoms with Crippen molar-refractivity contribution in [2.45, 2.75) is 71.6 Å². The molecule has 1 heterocycles. The average Bonchev–Trinajstić information content (AvgIpc) is 2.94. The molecule has 172 valence electrons. The summed E-state index contributed by atoms with van der Waals surface area (Å²) in [7, 11) is -1.22. The highest BCUT2D eigenvalue weighted by atomic mass is 28.3. The topological polar surface area (TPSA) is 90.3 Å². The van der Waals surface area contributed by atoms with E-state index in [1.807, 2.05) is 24.5 Å². The number of carbonyl (C=O) groups excluding carboxylic acids is 1. The van der Waals surface area contributed by atoms with Crippen LogP contribution in [0.25, 0.3) is 16.5 Å². The van der Waals surface area contributed by atoms with Crippen LogP contribution >= 0.6 is 0 Å². The number of nitriles is 1. The molecule has 2 N–H and O–H groups in total. The van der Waals surface area contributed by atoms with Crippen LogP contribution in [-0.4, -0.2) is 31.4 Å². The molecule has 0 bridgehead atoms. The molecule has 32 heavy (non-hydrogen) atoms. The van der Waals surface area contributed by atoms with Crippen LogP contribution in [0.4, 0.5) is 9.18 Å². The lowest BCUT2D eigenvalue weighted by atomic mass is 9.88. The molecule has 1 aliphatic rings. The second-order valence-electron chi connectivity index (χ2n) is 9.67. The summed E-state index contributed by atoms with van der Waals surface area (Å²) in [6.07, 6.45) is 2.48. The molecular weight excluding hydrogens is 425 g/mol. The third-order valence-electron chi connectivity index (χ3n) is 6.11. The van der Waals surface area contributed by atoms with Gasteiger partial charge in [0.1, 0.15) is 24.7 Å². The predicted molar refractivity (Wildman–Crippen MR) is 126 cm³/mol. The Kier molecular flexibility index (Phi) is 7.11. The van der Waals surface area contributed by atoms with Crippen molar-refractivity contribution in [3.8, 4) is 6.07 Å². The fourth-order valence-corrected chi connectivity index (χ4v) is 5.03. The Morgan fingerprint density at radius 1 is 1.38 bits per heavy atom. The highest BCUT2D eigenvalue weighted by Crippen LogP contribution is 2.39. The molecule has 1 amide bonds. The van der Waals surface area contributed by atoms with Gasteiger partial charge in [0.15, 0.2) is 0 Å². The van der Waals surface area contributed by atoms with Crippen LogP contribution in [0, 0.1) is 31.0 Å². The number of ether oxygens (including phenoxy) is 2. The fraction of sp³-hybridized carbons (Fsp3) is 0.500. The van der Waals surface area contributed by atoms with Crippen LogP contribution in [0.2, 0.25) is 25.7 Å². The summed E-state index contributed by atoms with van der Waals surface area (Å²) in [4.78, 5) is 11.2. The van der Waals surface area contributed by atoms with Gasteiger partial charge in [-0.05, 0) is 49.9 Å². The monoisotopic (exact) mass is 457 g/mol. The quantitative estimate of drug-likeness (QED) is 0.432. The van der Waals surface area contributed by atoms with E-state index < -0.39 is 20.0 Å². The SMILES string of the molecule is Cc1c(C)n(COCC[Si](C)(C)C)c2c(C#N)cc(F)c(C3=CCCC(OC(N)=O)C3)c12. The van der Waals surface area contributed by atoms with Gasteiger partial charge in [-0.2, -0.15) is 5.26 Å². The van der Waals surface area contributed by atoms with E-state index in [0.717, 1.165) is 28.3 Å². The molecule has 1 atom stereocenters. The summed E-state index contributed by atoms with van der Waals surface area (Å²) in [5, 5.41) is 10.5. The maximum atomic E-state index is 15.3. The molecule has 0 radical (unpaired) electrons. The highest BCUT2D eigenvalue weighted by molar-refractivity contribution is 6.76. The van der Waals surface area contributed by atoms with Gasteiger partial charge < -0.3 is 19.8 Å². The van der Waals surface area contributed by atoms with Crippen LogP contribution in [0.15, 0.2) is 12.1 Å². The summed E-state index contributed by atoms with van der Waals surface area (Å²) in [6, 6.07) is 4.50. The third-order valence-corrected chi connectivity index (χ3v) is 7.82. The van der Waals surface area contributed by atoms with Crippen molar-refractivity contribution in [2.75, 3.05) is 6.61 Å². The zero-order valence-electron chi connectivity index (χ0n) is 19.5. The minimum absolute atomic E-state index is 0.285. The van der Waals surface area contributed by atoms with Crippen molar-refractivity contribution in [3.63, 3.8) is 0 Å². The van der Waals surface area contributed by atoms with E-state index in [1.54, 1.807) is 0 Å². The van der Waals surface area contributed by atoms with Crippen molar-refractivity contribution in [2.24, 2.45) is 5.73 Å². The van der Waals surface area contributed by atoms with Gasteiger partial charge in [0.2, 0.25) is 0 Å². The van der Waals surface area contributed by atoms with Crippen LogP contribution in [0.3, 0.4) is 0 Å². The molecule has 3 rings (SSSR count). The van der Waals surface area contributed by atoms with E-state index in [1.165, 1.54) is 6.07 Å². The number of hydrogen-bond acceptors (Lipinski definition) is 4. The molecule has 0 aliphatic heterocycles. The van der Waals surface area contributed by atoms with Gasteiger partial charge in [-0.3, -0.25) is 0 Å². The smallest absolute Gasteiger partial charge is 0.404 e. The molecule has 0 fully saturated rings. The Morgan fingerprint density at radius 2 is 2.09 bits per heavy atom. The highest BCUT2D eigenvalue weighted by Gasteiger charge is 2.27. The van der Waals surface area contributed by atoms with E-state index in [0.29, 0.717) is 43.7 Å². The van der Waals surface area contributed by atoms with Crippen LogP contribution < -0.4 is 5.73 Å². The Bertz CT molecular complexity index is 1110. The summed E-state index contributed by atoms with van der Waals surface area (Å²) in [6.45, 7) is 11.8. The molecule has 8 heteroatoms. The number of nitrogens with zero attached hydrogens (tertiary/aromatic N) is 2. The first-order valence-electron chi connectivity index (χ1n) is 11.0. The number of nitrogens with two attached hydrogens (primary N) is 1. The Morgan fingerprint density at radius 3 is 2.72 bits per heavy atom. The van der Waals surface area contributed by atoms with Gasteiger partial charge in [-0.1, -0.05) is 25.7 Å². The van der Waals surface area contributed by atoms with Crippen molar-refractivity contribution < 1.29 is 18.7 Å². The third kappa shape index (κ3) is 5.05. The molecule has 0 saturated carbocycles. The standard InChI is InChI=1S/C24H32FN3O3Si/c1-15-16(2)28(14-30-9-10-32(3,4)5)23-18(13-26)12-20(25)22(21(15)23)17-7-6-8-19(11-17)31-24(27)29/h7,12,19H,6,8-11,14H2,1-5H3,(H2,27,29). The number of carbonyl (C=O) groups is 1. The first-order valence-corrected chi connectivity index (χ1v) is 14.7. The number of aryl methyl sites for hydroxylation is 1. The first kappa shape index (κ1) is 24.0. The predicted octanol–water partition coefficient (Wildman–Crippen LogP) is 5.61. The normalized spacial score (nSPS) is 16.7. The number of halogens is 1. The molecule has 2 aromatic rings. The van der Waals surface area contributed by atoms with Crippen molar-refractivity contribution >= 4 is 30.6 Å².